The molecule has 3 aromatic rings. The standard InChI is InChI=1S/C50H72N18O8/c1-28(53)34-14-7-21-58-42(70)18-17-38(65-43(71)36(62-29(2)69)15-8-22-59-49(54)55)45(73)66-39(19-20-51)46(74)67-40(24-30-10-3-4-11-31(30)26-52)48(76)64-37(16-9-23-60-50(56)57)44(72)68-41(47(75)63-34)25-32-27-61-35-13-6-5-12-33(32)35/h3-6,10-13,27,34,36-41,61H,1,7-9,14-25,51,53H2,2H3,(H,58,70)(H,62,69)(H,63,75)(H,64,76)(H,65,71)(H,66,73)(H,67,74)(H,68,72)(H4,54,55,59)(H4,56,57,60)/t34?,36-,37-,38-,39-,40+,41-/m0/s1. The molecule has 1 aliphatic rings. The zero-order chi connectivity index (χ0) is 55.7. The molecule has 2 aromatic carbocycles. The Hall–Kier alpha value is -8.73. The second-order valence-corrected chi connectivity index (χ2v) is 18.2. The quantitative estimate of drug-likeness (QED) is 0.0340. The van der Waals surface area contributed by atoms with E-state index < -0.39 is 89.6 Å². The van der Waals surface area contributed by atoms with Crippen LogP contribution in [0.5, 0.6) is 0 Å². The first-order chi connectivity index (χ1) is 36.3. The summed E-state index contributed by atoms with van der Waals surface area (Å²) in [6, 6.07) is 6.68. The van der Waals surface area contributed by atoms with Crippen molar-refractivity contribution < 1.29 is 38.4 Å². The summed E-state index contributed by atoms with van der Waals surface area (Å²) in [4.78, 5) is 123. The van der Waals surface area contributed by atoms with Gasteiger partial charge in [0, 0.05) is 68.6 Å². The molecule has 0 radical (unpaired) electrons. The maximum Gasteiger partial charge on any atom is 0.243 e. The number of H-pyrrole nitrogens is 1. The van der Waals surface area contributed by atoms with Gasteiger partial charge in [0.25, 0.3) is 0 Å². The number of amides is 8. The second-order valence-electron chi connectivity index (χ2n) is 18.2. The number of nitrogens with one attached hydrogen (secondary N) is 9. The number of guanidine groups is 2. The van der Waals surface area contributed by atoms with Crippen LogP contribution in [0.3, 0.4) is 0 Å². The van der Waals surface area contributed by atoms with Crippen molar-refractivity contribution in [2.75, 3.05) is 26.2 Å². The molecular formula is C50H72N18O8. The Bertz CT molecular complexity index is 2640. The van der Waals surface area contributed by atoms with Gasteiger partial charge in [0.05, 0.1) is 17.7 Å². The lowest BCUT2D eigenvalue weighted by Gasteiger charge is -2.28. The molecule has 410 valence electrons. The molecule has 1 saturated heterocycles. The lowest BCUT2D eigenvalue weighted by atomic mass is 9.99. The molecule has 7 atom stereocenters. The molecule has 2 heterocycles. The number of carbonyl (C=O) groups is 8. The van der Waals surface area contributed by atoms with Gasteiger partial charge < -0.3 is 81.9 Å². The average Bonchev–Trinajstić information content (AvgIpc) is 3.78. The summed E-state index contributed by atoms with van der Waals surface area (Å²) in [5.41, 5.74) is 36.3. The van der Waals surface area contributed by atoms with E-state index in [0.717, 1.165) is 10.9 Å². The number of aliphatic imine (C=N–C) groups is 2. The minimum Gasteiger partial charge on any atom is -0.401 e. The summed E-state index contributed by atoms with van der Waals surface area (Å²) in [5.74, 6) is -6.40. The van der Waals surface area contributed by atoms with Crippen LogP contribution in [0.1, 0.15) is 81.4 Å². The van der Waals surface area contributed by atoms with Crippen LogP contribution in [0.15, 0.2) is 77.0 Å². The van der Waals surface area contributed by atoms with E-state index in [1.54, 1.807) is 24.4 Å². The van der Waals surface area contributed by atoms with E-state index in [1.807, 2.05) is 24.3 Å². The number of aromatic amines is 1. The number of para-hydroxylation sites is 1. The van der Waals surface area contributed by atoms with Gasteiger partial charge in [-0.05, 0) is 81.2 Å². The summed E-state index contributed by atoms with van der Waals surface area (Å²) in [5, 5.41) is 32.4. The van der Waals surface area contributed by atoms with Gasteiger partial charge in [0.15, 0.2) is 11.9 Å². The highest BCUT2D eigenvalue weighted by Crippen LogP contribution is 2.20. The molecule has 21 N–H and O–H groups in total. The zero-order valence-electron chi connectivity index (χ0n) is 42.6. The van der Waals surface area contributed by atoms with Crippen molar-refractivity contribution in [1.29, 1.82) is 5.26 Å². The van der Waals surface area contributed by atoms with Crippen LogP contribution in [0.25, 0.3) is 10.9 Å². The van der Waals surface area contributed by atoms with Crippen LogP contribution in [0.4, 0.5) is 0 Å². The van der Waals surface area contributed by atoms with Gasteiger partial charge in [0.1, 0.15) is 36.3 Å². The van der Waals surface area contributed by atoms with Gasteiger partial charge >= 0.3 is 0 Å². The second kappa shape index (κ2) is 30.5. The van der Waals surface area contributed by atoms with Crippen LogP contribution < -0.4 is 76.9 Å². The van der Waals surface area contributed by atoms with E-state index in [2.05, 4.69) is 70.2 Å². The molecule has 0 bridgehead atoms. The van der Waals surface area contributed by atoms with Crippen molar-refractivity contribution in [3.8, 4) is 6.07 Å². The van der Waals surface area contributed by atoms with E-state index >= 15 is 0 Å². The summed E-state index contributed by atoms with van der Waals surface area (Å²) in [6.45, 7) is 5.16. The minimum atomic E-state index is -1.52. The number of hydrogen-bond acceptors (Lipinski definition) is 13. The SMILES string of the molecule is C=C(N)C1CCCNC(=O)CC[C@H](NC(=O)[C@H](CCCN=C(N)N)NC(C)=O)C(=O)N[C@@H](CCN)C(=O)N[C@H](Cc2ccccc2C#N)C(=O)N[C@@H](CCCN=C(N)N)C(=O)N[C@@H](Cc2c[nH]c3ccccc23)C(=O)N1. The number of rotatable bonds is 18. The molecule has 8 amide bonds. The van der Waals surface area contributed by atoms with Crippen LogP contribution in [0.2, 0.25) is 0 Å². The molecule has 1 aliphatic heterocycles. The highest BCUT2D eigenvalue weighted by molar-refractivity contribution is 5.98. The smallest absolute Gasteiger partial charge is 0.243 e. The number of carbonyl (C=O) groups excluding carboxylic acids is 8. The Morgan fingerprint density at radius 2 is 1.33 bits per heavy atom. The fraction of sp³-hybridized carbons (Fsp3) is 0.460. The maximum atomic E-state index is 14.7. The summed E-state index contributed by atoms with van der Waals surface area (Å²) < 4.78 is 0. The minimum absolute atomic E-state index is 0.0251. The van der Waals surface area contributed by atoms with E-state index in [9.17, 15) is 43.6 Å². The van der Waals surface area contributed by atoms with Gasteiger partial charge in [0.2, 0.25) is 47.3 Å². The van der Waals surface area contributed by atoms with Crippen LogP contribution in [0, 0.1) is 11.3 Å². The first kappa shape index (κ1) is 59.8. The Labute approximate surface area is 440 Å². The first-order valence-electron chi connectivity index (χ1n) is 24.9. The molecule has 4 rings (SSSR count). The van der Waals surface area contributed by atoms with E-state index in [1.165, 1.54) is 13.0 Å². The Morgan fingerprint density at radius 1 is 0.750 bits per heavy atom. The monoisotopic (exact) mass is 1050 g/mol. The van der Waals surface area contributed by atoms with E-state index in [0.29, 0.717) is 11.1 Å². The summed E-state index contributed by atoms with van der Waals surface area (Å²) in [6.07, 6.45) is 1.45. The van der Waals surface area contributed by atoms with Crippen molar-refractivity contribution in [3.63, 3.8) is 0 Å². The largest absolute Gasteiger partial charge is 0.401 e. The van der Waals surface area contributed by atoms with Crippen LogP contribution in [-0.4, -0.2) is 133 Å². The molecule has 0 saturated carbocycles. The van der Waals surface area contributed by atoms with E-state index in [4.69, 9.17) is 34.4 Å². The molecular weight excluding hydrogens is 981 g/mol. The third-order valence-corrected chi connectivity index (χ3v) is 12.3. The molecule has 26 nitrogen and oxygen atoms in total. The van der Waals surface area contributed by atoms with Gasteiger partial charge in [-0.1, -0.05) is 43.0 Å². The highest BCUT2D eigenvalue weighted by atomic mass is 16.2. The predicted molar refractivity (Wildman–Crippen MR) is 284 cm³/mol. The Morgan fingerprint density at radius 3 is 1.97 bits per heavy atom. The van der Waals surface area contributed by atoms with Crippen molar-refractivity contribution in [2.24, 2.45) is 44.4 Å². The molecule has 1 unspecified atom stereocenters. The zero-order valence-corrected chi connectivity index (χ0v) is 42.6. The van der Waals surface area contributed by atoms with Gasteiger partial charge in [-0.25, -0.2) is 0 Å². The van der Waals surface area contributed by atoms with Crippen molar-refractivity contribution in [3.05, 3.63) is 83.7 Å². The van der Waals surface area contributed by atoms with Gasteiger partial charge in [-0.2, -0.15) is 5.26 Å². The topological polar surface area (TPSA) is 453 Å². The maximum absolute atomic E-state index is 14.7. The third kappa shape index (κ3) is 19.6. The normalized spacial score (nSPS) is 20.9. The number of nitrogens with zero attached hydrogens (tertiary/aromatic N) is 3. The fourth-order valence-electron chi connectivity index (χ4n) is 8.34. The number of aromatic nitrogens is 1. The Balaban J connectivity index is 1.79. The predicted octanol–water partition coefficient (Wildman–Crippen LogP) is -3.14. The molecule has 1 fully saturated rings. The fourth-order valence-corrected chi connectivity index (χ4v) is 8.34. The van der Waals surface area contributed by atoms with Crippen molar-refractivity contribution in [2.45, 2.75) is 120 Å². The van der Waals surface area contributed by atoms with Crippen molar-refractivity contribution >= 4 is 70.1 Å². The number of hydrogen-bond donors (Lipinski definition) is 15. The first-order valence-corrected chi connectivity index (χ1v) is 24.9. The van der Waals surface area contributed by atoms with Gasteiger partial charge in [-0.15, -0.1) is 0 Å². The number of fused-ring (bicyclic) bond motifs is 1. The lowest BCUT2D eigenvalue weighted by molar-refractivity contribution is -0.135. The van der Waals surface area contributed by atoms with E-state index in [-0.39, 0.29) is 120 Å². The van der Waals surface area contributed by atoms with Crippen molar-refractivity contribution in [1.82, 2.24) is 47.5 Å². The average molecular weight is 1050 g/mol. The van der Waals surface area contributed by atoms with Crippen LogP contribution >= 0.6 is 0 Å². The molecule has 76 heavy (non-hydrogen) atoms. The lowest BCUT2D eigenvalue weighted by Crippen LogP contribution is -2.60. The summed E-state index contributed by atoms with van der Waals surface area (Å²) >= 11 is 0. The third-order valence-electron chi connectivity index (χ3n) is 12.3. The number of nitriles is 1. The highest BCUT2D eigenvalue weighted by Gasteiger charge is 2.35. The molecule has 0 spiro atoms. The van der Waals surface area contributed by atoms with Crippen LogP contribution in [-0.2, 0) is 51.2 Å². The Kier molecular flexibility index (Phi) is 24.0. The molecule has 0 aliphatic carbocycles. The molecule has 26 heteroatoms. The molecule has 1 aromatic heterocycles. The number of nitrogens with two attached hydrogens (primary N) is 6. The van der Waals surface area contributed by atoms with Gasteiger partial charge in [-0.3, -0.25) is 48.3 Å². The number of benzene rings is 2. The summed E-state index contributed by atoms with van der Waals surface area (Å²) in [7, 11) is 0.